The maximum atomic E-state index is 13.9. The van der Waals surface area contributed by atoms with Gasteiger partial charge >= 0.3 is 0 Å². The Bertz CT molecular complexity index is 570. The third kappa shape index (κ3) is 2.80. The average molecular weight is 286 g/mol. The van der Waals surface area contributed by atoms with Crippen LogP contribution in [-0.4, -0.2) is 25.8 Å². The first-order chi connectivity index (χ1) is 8.87. The van der Waals surface area contributed by atoms with E-state index < -0.39 is 15.8 Å². The van der Waals surface area contributed by atoms with Gasteiger partial charge in [0.2, 0.25) is 10.0 Å². The second-order valence-electron chi connectivity index (χ2n) is 5.07. The molecule has 4 nitrogen and oxygen atoms in total. The van der Waals surface area contributed by atoms with Crippen LogP contribution in [0.2, 0.25) is 0 Å². The van der Waals surface area contributed by atoms with Crippen molar-refractivity contribution in [3.05, 3.63) is 29.6 Å². The Morgan fingerprint density at radius 3 is 2.58 bits per heavy atom. The molecule has 0 radical (unpaired) electrons. The van der Waals surface area contributed by atoms with Crippen molar-refractivity contribution >= 4 is 10.0 Å². The van der Waals surface area contributed by atoms with Crippen LogP contribution >= 0.6 is 0 Å². The third-order valence-electron chi connectivity index (χ3n) is 3.77. The lowest BCUT2D eigenvalue weighted by Crippen LogP contribution is -2.36. The first-order valence-electron chi connectivity index (χ1n) is 6.34. The maximum absolute atomic E-state index is 13.9. The first-order valence-corrected chi connectivity index (χ1v) is 7.78. The predicted molar refractivity (Wildman–Crippen MR) is 71.4 cm³/mol. The van der Waals surface area contributed by atoms with E-state index >= 15 is 0 Å². The molecule has 0 amide bonds. The van der Waals surface area contributed by atoms with Crippen LogP contribution in [0.3, 0.4) is 0 Å². The molecular weight excluding hydrogens is 267 g/mol. The van der Waals surface area contributed by atoms with Crippen LogP contribution in [0.1, 0.15) is 25.3 Å². The van der Waals surface area contributed by atoms with Crippen molar-refractivity contribution in [1.82, 2.24) is 4.31 Å². The Balaban J connectivity index is 2.33. The smallest absolute Gasteiger partial charge is 0.245 e. The van der Waals surface area contributed by atoms with E-state index in [0.29, 0.717) is 11.5 Å². The van der Waals surface area contributed by atoms with Crippen LogP contribution in [0.15, 0.2) is 23.1 Å². The van der Waals surface area contributed by atoms with Gasteiger partial charge in [-0.05, 0) is 43.4 Å². The van der Waals surface area contributed by atoms with Gasteiger partial charge in [0.05, 0.1) is 0 Å². The zero-order chi connectivity index (χ0) is 14.2. The molecule has 0 saturated heterocycles. The minimum atomic E-state index is -3.78. The molecule has 1 aliphatic carbocycles. The second-order valence-corrected chi connectivity index (χ2v) is 7.03. The highest BCUT2D eigenvalue weighted by atomic mass is 32.2. The average Bonchev–Trinajstić information content (AvgIpc) is 3.20. The van der Waals surface area contributed by atoms with Crippen molar-refractivity contribution in [1.29, 1.82) is 0 Å². The molecule has 1 saturated carbocycles. The fourth-order valence-electron chi connectivity index (χ4n) is 2.13. The van der Waals surface area contributed by atoms with E-state index in [2.05, 4.69) is 0 Å². The quantitative estimate of drug-likeness (QED) is 0.896. The SMILES string of the molecule is CC(C1CC1)N(C)S(=O)(=O)c1ccc(CN)cc1F. The summed E-state index contributed by atoms with van der Waals surface area (Å²) in [4.78, 5) is -0.278. The Labute approximate surface area is 113 Å². The lowest BCUT2D eigenvalue weighted by Gasteiger charge is -2.24. The topological polar surface area (TPSA) is 63.4 Å². The standard InChI is InChI=1S/C13H19FN2O2S/c1-9(11-4-5-11)16(2)19(17,18)13-6-3-10(8-15)7-12(13)14/h3,6-7,9,11H,4-5,8,15H2,1-2H3. The molecule has 1 unspecified atom stereocenters. The van der Waals surface area contributed by atoms with Gasteiger partial charge < -0.3 is 5.73 Å². The van der Waals surface area contributed by atoms with Gasteiger partial charge in [-0.25, -0.2) is 12.8 Å². The number of halogens is 1. The largest absolute Gasteiger partial charge is 0.326 e. The molecule has 0 aromatic heterocycles. The van der Waals surface area contributed by atoms with Crippen LogP contribution in [-0.2, 0) is 16.6 Å². The van der Waals surface area contributed by atoms with E-state index in [-0.39, 0.29) is 17.5 Å². The monoisotopic (exact) mass is 286 g/mol. The summed E-state index contributed by atoms with van der Waals surface area (Å²) in [6, 6.07) is 3.93. The Kier molecular flexibility index (Phi) is 3.94. The van der Waals surface area contributed by atoms with Crippen molar-refractivity contribution in [3.8, 4) is 0 Å². The molecule has 2 N–H and O–H groups in total. The van der Waals surface area contributed by atoms with Gasteiger partial charge in [0, 0.05) is 19.6 Å². The fraction of sp³-hybridized carbons (Fsp3) is 0.538. The lowest BCUT2D eigenvalue weighted by atomic mass is 10.2. The molecule has 19 heavy (non-hydrogen) atoms. The Morgan fingerprint density at radius 2 is 2.11 bits per heavy atom. The summed E-state index contributed by atoms with van der Waals surface area (Å²) >= 11 is 0. The maximum Gasteiger partial charge on any atom is 0.245 e. The molecule has 1 aromatic rings. The summed E-state index contributed by atoms with van der Waals surface area (Å²) in [5.74, 6) is -0.344. The van der Waals surface area contributed by atoms with Crippen molar-refractivity contribution in [2.75, 3.05) is 7.05 Å². The molecule has 1 aliphatic rings. The number of nitrogens with two attached hydrogens (primary N) is 1. The van der Waals surface area contributed by atoms with Gasteiger partial charge in [0.1, 0.15) is 10.7 Å². The molecule has 106 valence electrons. The van der Waals surface area contributed by atoms with Crippen LogP contribution in [0.5, 0.6) is 0 Å². The van der Waals surface area contributed by atoms with Gasteiger partial charge in [-0.2, -0.15) is 4.31 Å². The summed E-state index contributed by atoms with van der Waals surface area (Å²) in [6.45, 7) is 2.05. The Hall–Kier alpha value is -0.980. The van der Waals surface area contributed by atoms with E-state index in [1.54, 1.807) is 6.07 Å². The van der Waals surface area contributed by atoms with E-state index in [9.17, 15) is 12.8 Å². The highest BCUT2D eigenvalue weighted by molar-refractivity contribution is 7.89. The van der Waals surface area contributed by atoms with E-state index in [0.717, 1.165) is 12.8 Å². The van der Waals surface area contributed by atoms with Gasteiger partial charge in [-0.1, -0.05) is 6.07 Å². The molecule has 1 atom stereocenters. The van der Waals surface area contributed by atoms with E-state index in [4.69, 9.17) is 5.73 Å². The molecule has 0 spiro atoms. The zero-order valence-electron chi connectivity index (χ0n) is 11.1. The predicted octanol–water partition coefficient (Wildman–Crippen LogP) is 1.70. The third-order valence-corrected chi connectivity index (χ3v) is 5.74. The van der Waals surface area contributed by atoms with Gasteiger partial charge in [-0.3, -0.25) is 0 Å². The van der Waals surface area contributed by atoms with Gasteiger partial charge in [0.25, 0.3) is 0 Å². The number of hydrogen-bond donors (Lipinski definition) is 1. The summed E-state index contributed by atoms with van der Waals surface area (Å²) in [5, 5.41) is 0. The minimum Gasteiger partial charge on any atom is -0.326 e. The molecule has 6 heteroatoms. The van der Waals surface area contributed by atoms with Crippen molar-refractivity contribution in [2.24, 2.45) is 11.7 Å². The summed E-state index contributed by atoms with van der Waals surface area (Å²) in [7, 11) is -2.27. The first kappa shape index (κ1) is 14.4. The number of hydrogen-bond acceptors (Lipinski definition) is 3. The number of nitrogens with zero attached hydrogens (tertiary/aromatic N) is 1. The number of rotatable bonds is 5. The molecule has 0 heterocycles. The molecular formula is C13H19FN2O2S. The summed E-state index contributed by atoms with van der Waals surface area (Å²) in [5.41, 5.74) is 5.99. The molecule has 2 rings (SSSR count). The summed E-state index contributed by atoms with van der Waals surface area (Å²) in [6.07, 6.45) is 2.07. The van der Waals surface area contributed by atoms with Crippen molar-refractivity contribution < 1.29 is 12.8 Å². The highest BCUT2D eigenvalue weighted by Crippen LogP contribution is 2.36. The van der Waals surface area contributed by atoms with Crippen LogP contribution < -0.4 is 5.73 Å². The van der Waals surface area contributed by atoms with Crippen molar-refractivity contribution in [3.63, 3.8) is 0 Å². The molecule has 0 aliphatic heterocycles. The lowest BCUT2D eigenvalue weighted by molar-refractivity contribution is 0.355. The van der Waals surface area contributed by atoms with Gasteiger partial charge in [0.15, 0.2) is 0 Å². The van der Waals surface area contributed by atoms with E-state index in [1.807, 2.05) is 6.92 Å². The van der Waals surface area contributed by atoms with Crippen LogP contribution in [0, 0.1) is 11.7 Å². The van der Waals surface area contributed by atoms with Crippen LogP contribution in [0.4, 0.5) is 4.39 Å². The second kappa shape index (κ2) is 5.19. The number of benzene rings is 1. The zero-order valence-corrected chi connectivity index (χ0v) is 12.0. The fourth-order valence-corrected chi connectivity index (χ4v) is 3.60. The molecule has 1 fully saturated rings. The summed E-state index contributed by atoms with van der Waals surface area (Å²) < 4.78 is 39.9. The van der Waals surface area contributed by atoms with E-state index in [1.165, 1.54) is 23.5 Å². The van der Waals surface area contributed by atoms with Gasteiger partial charge in [-0.15, -0.1) is 0 Å². The highest BCUT2D eigenvalue weighted by Gasteiger charge is 2.36. The van der Waals surface area contributed by atoms with Crippen LogP contribution in [0.25, 0.3) is 0 Å². The number of sulfonamides is 1. The molecule has 1 aromatic carbocycles. The minimum absolute atomic E-state index is 0.0985. The normalized spacial score (nSPS) is 17.7. The van der Waals surface area contributed by atoms with Crippen molar-refractivity contribution in [2.45, 2.75) is 37.2 Å². The Morgan fingerprint density at radius 1 is 1.47 bits per heavy atom. The molecule has 0 bridgehead atoms.